The maximum absolute atomic E-state index is 11.6. The lowest BCUT2D eigenvalue weighted by Crippen LogP contribution is -2.48. The minimum Gasteiger partial charge on any atom is -0.507 e. The zero-order valence-corrected chi connectivity index (χ0v) is 33.2. The van der Waals surface area contributed by atoms with E-state index in [0.29, 0.717) is 45.3 Å². The van der Waals surface area contributed by atoms with Crippen molar-refractivity contribution in [2.75, 3.05) is 45.6 Å². The number of rotatable bonds is 9. The summed E-state index contributed by atoms with van der Waals surface area (Å²) < 4.78 is 0. The largest absolute Gasteiger partial charge is 0.507 e. The molecular formula is C45H46N2O8S2. The van der Waals surface area contributed by atoms with E-state index < -0.39 is 23.4 Å². The van der Waals surface area contributed by atoms with Gasteiger partial charge in [0.25, 0.3) is 0 Å². The molecule has 1 unspecified atom stereocenters. The second kappa shape index (κ2) is 18.5. The lowest BCUT2D eigenvalue weighted by molar-refractivity contribution is 0.0682. The van der Waals surface area contributed by atoms with Gasteiger partial charge >= 0.3 is 11.9 Å². The number of hydrogen-bond donors (Lipinski definition) is 5. The molecule has 1 saturated heterocycles. The van der Waals surface area contributed by atoms with Crippen LogP contribution in [-0.2, 0) is 12.8 Å². The van der Waals surface area contributed by atoms with Crippen LogP contribution in [0.25, 0.3) is 21.5 Å². The van der Waals surface area contributed by atoms with Gasteiger partial charge in [0.15, 0.2) is 0 Å². The summed E-state index contributed by atoms with van der Waals surface area (Å²) >= 11 is 3.76. The average Bonchev–Trinajstić information content (AvgIpc) is 3.38. The van der Waals surface area contributed by atoms with Crippen molar-refractivity contribution in [3.63, 3.8) is 0 Å². The number of nitrogens with zero attached hydrogens (tertiary/aromatic N) is 2. The van der Waals surface area contributed by atoms with Crippen LogP contribution in [0.5, 0.6) is 11.5 Å². The zero-order valence-electron chi connectivity index (χ0n) is 31.5. The van der Waals surface area contributed by atoms with Crippen LogP contribution in [-0.4, -0.2) is 98.3 Å². The van der Waals surface area contributed by atoms with Crippen LogP contribution in [0, 0.1) is 0 Å². The monoisotopic (exact) mass is 806 g/mol. The van der Waals surface area contributed by atoms with Crippen molar-refractivity contribution < 1.29 is 40.6 Å². The summed E-state index contributed by atoms with van der Waals surface area (Å²) in [6.07, 6.45) is 4.09. The summed E-state index contributed by atoms with van der Waals surface area (Å²) in [6.45, 7) is 5.71. The average molecular weight is 807 g/mol. The second-order valence-electron chi connectivity index (χ2n) is 14.0. The van der Waals surface area contributed by atoms with Crippen molar-refractivity contribution >= 4 is 57.0 Å². The Morgan fingerprint density at radius 1 is 0.737 bits per heavy atom. The molecule has 6 aromatic carbocycles. The van der Waals surface area contributed by atoms with Crippen LogP contribution < -0.4 is 0 Å². The molecule has 57 heavy (non-hydrogen) atoms. The fourth-order valence-corrected chi connectivity index (χ4v) is 9.38. The molecule has 0 saturated carbocycles. The van der Waals surface area contributed by atoms with Crippen LogP contribution in [0.3, 0.4) is 0 Å². The van der Waals surface area contributed by atoms with Gasteiger partial charge in [0, 0.05) is 77.6 Å². The summed E-state index contributed by atoms with van der Waals surface area (Å²) in [4.78, 5) is 32.5. The molecule has 1 fully saturated rings. The number of fused-ring (bicyclic) bond motifs is 4. The first kappa shape index (κ1) is 41.6. The molecule has 296 valence electrons. The highest BCUT2D eigenvalue weighted by Crippen LogP contribution is 2.44. The van der Waals surface area contributed by atoms with Crippen molar-refractivity contribution in [3.8, 4) is 11.5 Å². The van der Waals surface area contributed by atoms with Gasteiger partial charge in [0.05, 0.1) is 0 Å². The smallest absolute Gasteiger partial charge is 0.339 e. The van der Waals surface area contributed by atoms with Gasteiger partial charge in [-0.1, -0.05) is 78.5 Å². The molecule has 2 aliphatic heterocycles. The van der Waals surface area contributed by atoms with Crippen LogP contribution in [0.4, 0.5) is 0 Å². The van der Waals surface area contributed by atoms with Gasteiger partial charge in [0.2, 0.25) is 0 Å². The second-order valence-corrected chi connectivity index (χ2v) is 16.0. The lowest BCUT2D eigenvalue weighted by atomic mass is 9.90. The zero-order chi connectivity index (χ0) is 39.3. The molecule has 1 atom stereocenters. The minimum atomic E-state index is -1.28. The van der Waals surface area contributed by atoms with E-state index in [9.17, 15) is 30.0 Å². The van der Waals surface area contributed by atoms with Gasteiger partial charge in [-0.05, 0) is 88.2 Å². The fraction of sp³-hybridized carbons (Fsp3) is 0.244. The Morgan fingerprint density at radius 3 is 1.86 bits per heavy atom. The number of piperazine rings is 1. The van der Waals surface area contributed by atoms with Crippen LogP contribution in [0.2, 0.25) is 0 Å². The quantitative estimate of drug-likeness (QED) is 0.0906. The summed E-state index contributed by atoms with van der Waals surface area (Å²) in [5, 5.41) is 51.9. The summed E-state index contributed by atoms with van der Waals surface area (Å²) in [7, 11) is 0. The van der Waals surface area contributed by atoms with E-state index in [2.05, 4.69) is 58.5 Å². The number of aliphatic hydroxyl groups excluding tert-OH is 1. The van der Waals surface area contributed by atoms with Gasteiger partial charge in [-0.15, -0.1) is 11.8 Å². The molecule has 10 nitrogen and oxygen atoms in total. The standard InChI is InChI=1S/C23H16O6.C22H28N2OS2.H2O/c24-20-16(14-7-3-1-5-12(14)9-18(20)22(26)27)11-17-15-8-4-2-6-13(15)10-19(21(17)25)23(28)29;1-26-18-7-8-22-19(16-18)20(15-17-5-2-3-6-21(17)27-22)24-12-10-23(11-13-24)9-4-14-25;/h1-10,24-25H,11H2,(H,26,27)(H,28,29);2-3,5-8,16,20,25H,4,9-15H2,1H3;1H2. The van der Waals surface area contributed by atoms with E-state index in [4.69, 9.17) is 5.11 Å². The first-order chi connectivity index (χ1) is 27.2. The summed E-state index contributed by atoms with van der Waals surface area (Å²) in [6, 6.07) is 33.1. The first-order valence-electron chi connectivity index (χ1n) is 18.6. The van der Waals surface area contributed by atoms with E-state index in [-0.39, 0.29) is 23.0 Å². The number of thioether (sulfide) groups is 1. The number of carbonyl (C=O) groups is 2. The van der Waals surface area contributed by atoms with Crippen molar-refractivity contribution in [3.05, 3.63) is 137 Å². The highest BCUT2D eigenvalue weighted by Gasteiger charge is 2.30. The van der Waals surface area contributed by atoms with E-state index in [1.165, 1.54) is 37.9 Å². The molecule has 0 aliphatic carbocycles. The Kier molecular flexibility index (Phi) is 13.5. The van der Waals surface area contributed by atoms with E-state index in [1.807, 2.05) is 23.5 Å². The van der Waals surface area contributed by atoms with E-state index in [0.717, 1.165) is 45.6 Å². The third kappa shape index (κ3) is 8.91. The molecule has 12 heteroatoms. The maximum Gasteiger partial charge on any atom is 0.339 e. The Labute approximate surface area is 339 Å². The molecule has 0 bridgehead atoms. The number of hydrogen-bond acceptors (Lipinski definition) is 9. The number of carboxylic acids is 2. The molecule has 0 radical (unpaired) electrons. The predicted molar refractivity (Wildman–Crippen MR) is 227 cm³/mol. The maximum atomic E-state index is 11.6. The van der Waals surface area contributed by atoms with Crippen molar-refractivity contribution in [1.29, 1.82) is 0 Å². The molecule has 2 heterocycles. The number of phenols is 2. The molecule has 2 aliphatic rings. The summed E-state index contributed by atoms with van der Waals surface area (Å²) in [5.41, 5.74) is 3.07. The van der Waals surface area contributed by atoms with Crippen LogP contribution in [0.15, 0.2) is 118 Å². The molecule has 8 rings (SSSR count). The third-order valence-corrected chi connectivity index (χ3v) is 12.7. The van der Waals surface area contributed by atoms with Gasteiger partial charge in [-0.3, -0.25) is 4.90 Å². The lowest BCUT2D eigenvalue weighted by Gasteiger charge is -2.39. The topological polar surface area (TPSA) is 173 Å². The van der Waals surface area contributed by atoms with Gasteiger partial charge in [0.1, 0.15) is 22.6 Å². The van der Waals surface area contributed by atoms with Crippen LogP contribution in [0.1, 0.15) is 55.4 Å². The Balaban J connectivity index is 0.000000190. The Bertz CT molecular complexity index is 2310. The highest BCUT2D eigenvalue weighted by atomic mass is 32.2. The van der Waals surface area contributed by atoms with E-state index in [1.54, 1.807) is 48.5 Å². The highest BCUT2D eigenvalue weighted by molar-refractivity contribution is 7.99. The number of benzene rings is 6. The molecule has 0 spiro atoms. The normalized spacial score (nSPS) is 15.4. The molecule has 0 aromatic heterocycles. The molecule has 0 amide bonds. The molecular weight excluding hydrogens is 761 g/mol. The predicted octanol–water partition coefficient (Wildman–Crippen LogP) is 7.72. The third-order valence-electron chi connectivity index (χ3n) is 10.7. The van der Waals surface area contributed by atoms with Gasteiger partial charge in [-0.25, -0.2) is 9.59 Å². The van der Waals surface area contributed by atoms with E-state index >= 15 is 0 Å². The Hall–Kier alpha value is -5.08. The van der Waals surface area contributed by atoms with Gasteiger partial charge in [-0.2, -0.15) is 0 Å². The Morgan fingerprint density at radius 2 is 1.30 bits per heavy atom. The fourth-order valence-electron chi connectivity index (χ4n) is 7.82. The van der Waals surface area contributed by atoms with Gasteiger partial charge < -0.3 is 35.9 Å². The summed E-state index contributed by atoms with van der Waals surface area (Å²) in [5.74, 6) is -3.36. The van der Waals surface area contributed by atoms with Crippen molar-refractivity contribution in [2.24, 2.45) is 0 Å². The number of aromatic carboxylic acids is 2. The molecule has 7 N–H and O–H groups in total. The minimum absolute atomic E-state index is 0. The molecule has 6 aromatic rings. The number of aliphatic hydroxyl groups is 1. The SMILES string of the molecule is CSc1ccc2c(c1)C(N1CCN(CCCO)CC1)Cc1ccccc1S2.O.O=C(O)c1cc2ccccc2c(Cc2c(O)c(C(=O)O)cc3ccccc23)c1O. The number of carboxylic acid groups (broad SMARTS) is 2. The first-order valence-corrected chi connectivity index (χ1v) is 20.7. The van der Waals surface area contributed by atoms with Crippen molar-refractivity contribution in [1.82, 2.24) is 9.80 Å². The van der Waals surface area contributed by atoms with Crippen molar-refractivity contribution in [2.45, 2.75) is 40.0 Å². The number of aromatic hydroxyl groups is 2. The van der Waals surface area contributed by atoms with Crippen LogP contribution >= 0.6 is 23.5 Å².